The van der Waals surface area contributed by atoms with Gasteiger partial charge in [0.2, 0.25) is 5.91 Å². The third-order valence-corrected chi connectivity index (χ3v) is 6.02. The topological polar surface area (TPSA) is 91.4 Å². The number of rotatable bonds is 10. The van der Waals surface area contributed by atoms with Crippen molar-refractivity contribution in [2.45, 2.75) is 26.2 Å². The quantitative estimate of drug-likeness (QED) is 0.520. The number of piperidine rings is 1. The first-order chi connectivity index (χ1) is 16.5. The molecule has 1 aromatic rings. The number of piperazine rings is 1. The normalized spacial score (nSPS) is 16.6. The second kappa shape index (κ2) is 13.0. The lowest BCUT2D eigenvalue weighted by atomic mass is 10.1. The number of carbonyl (C=O) groups is 3. The van der Waals surface area contributed by atoms with E-state index in [0.29, 0.717) is 62.9 Å². The van der Waals surface area contributed by atoms with E-state index in [4.69, 9.17) is 9.47 Å². The monoisotopic (exact) mass is 472 g/mol. The summed E-state index contributed by atoms with van der Waals surface area (Å²) in [4.78, 5) is 43.0. The fourth-order valence-electron chi connectivity index (χ4n) is 4.14. The van der Waals surface area contributed by atoms with Gasteiger partial charge in [-0.05, 0) is 44.4 Å². The molecule has 0 atom stereocenters. The molecular formula is C25H36N4O5. The fourth-order valence-corrected chi connectivity index (χ4v) is 4.14. The first-order valence-electron chi connectivity index (χ1n) is 12.1. The van der Waals surface area contributed by atoms with Crippen molar-refractivity contribution in [1.29, 1.82) is 0 Å². The largest absolute Gasteiger partial charge is 0.490 e. The van der Waals surface area contributed by atoms with Crippen molar-refractivity contribution in [3.05, 3.63) is 36.4 Å². The van der Waals surface area contributed by atoms with Crippen LogP contribution in [0, 0.1) is 0 Å². The first kappa shape index (κ1) is 25.6. The fraction of sp³-hybridized carbons (Fsp3) is 0.560. The van der Waals surface area contributed by atoms with Crippen LogP contribution < -0.4 is 14.8 Å². The number of likely N-dealkylation sites (tertiary alicyclic amines) is 1. The molecule has 2 aliphatic rings. The molecule has 2 saturated heterocycles. The van der Waals surface area contributed by atoms with Crippen LogP contribution in [0.5, 0.6) is 11.5 Å². The summed E-state index contributed by atoms with van der Waals surface area (Å²) in [6.45, 7) is 10.5. The van der Waals surface area contributed by atoms with Crippen molar-refractivity contribution in [2.75, 3.05) is 65.6 Å². The smallest absolute Gasteiger partial charge is 0.260 e. The van der Waals surface area contributed by atoms with E-state index in [2.05, 4.69) is 11.9 Å². The Bertz CT molecular complexity index is 861. The van der Waals surface area contributed by atoms with E-state index in [1.807, 2.05) is 16.7 Å². The van der Waals surface area contributed by atoms with Gasteiger partial charge in [0.05, 0.1) is 13.2 Å². The van der Waals surface area contributed by atoms with Gasteiger partial charge < -0.3 is 24.6 Å². The second-order valence-electron chi connectivity index (χ2n) is 8.49. The van der Waals surface area contributed by atoms with Crippen LogP contribution in [0.15, 0.2) is 30.9 Å². The number of hydrogen-bond acceptors (Lipinski definition) is 6. The molecule has 9 heteroatoms. The second-order valence-corrected chi connectivity index (χ2v) is 8.49. The van der Waals surface area contributed by atoms with E-state index in [0.717, 1.165) is 32.4 Å². The highest BCUT2D eigenvalue weighted by Crippen LogP contribution is 2.29. The molecule has 0 spiro atoms. The zero-order chi connectivity index (χ0) is 24.3. The molecule has 3 rings (SSSR count). The van der Waals surface area contributed by atoms with E-state index < -0.39 is 0 Å². The van der Waals surface area contributed by atoms with Gasteiger partial charge in [0, 0.05) is 51.4 Å². The average Bonchev–Trinajstić information content (AvgIpc) is 2.87. The van der Waals surface area contributed by atoms with Crippen LogP contribution >= 0.6 is 0 Å². The maximum Gasteiger partial charge on any atom is 0.260 e. The summed E-state index contributed by atoms with van der Waals surface area (Å²) in [7, 11) is 0. The molecule has 1 aromatic carbocycles. The Kier molecular flexibility index (Phi) is 9.75. The van der Waals surface area contributed by atoms with Crippen LogP contribution in [0.1, 0.15) is 36.5 Å². The zero-order valence-electron chi connectivity index (χ0n) is 20.1. The summed E-state index contributed by atoms with van der Waals surface area (Å²) >= 11 is 0. The van der Waals surface area contributed by atoms with E-state index >= 15 is 0 Å². The molecule has 9 nitrogen and oxygen atoms in total. The van der Waals surface area contributed by atoms with E-state index in [1.165, 1.54) is 0 Å². The van der Waals surface area contributed by atoms with Gasteiger partial charge in [-0.1, -0.05) is 6.08 Å². The molecule has 34 heavy (non-hydrogen) atoms. The Labute approximate surface area is 201 Å². The molecule has 2 heterocycles. The molecule has 2 fully saturated rings. The molecule has 186 valence electrons. The van der Waals surface area contributed by atoms with E-state index in [1.54, 1.807) is 29.2 Å². The summed E-state index contributed by atoms with van der Waals surface area (Å²) in [5.74, 6) is 0.748. The van der Waals surface area contributed by atoms with Gasteiger partial charge >= 0.3 is 0 Å². The number of amides is 3. The number of ether oxygens (including phenoxy) is 2. The number of nitrogens with one attached hydrogen (secondary N) is 1. The van der Waals surface area contributed by atoms with Gasteiger partial charge in [-0.15, -0.1) is 6.58 Å². The van der Waals surface area contributed by atoms with Gasteiger partial charge in [-0.3, -0.25) is 19.3 Å². The average molecular weight is 473 g/mol. The highest BCUT2D eigenvalue weighted by Gasteiger charge is 2.24. The molecule has 0 aromatic heterocycles. The Morgan fingerprint density at radius 2 is 1.71 bits per heavy atom. The van der Waals surface area contributed by atoms with Gasteiger partial charge in [0.15, 0.2) is 18.1 Å². The van der Waals surface area contributed by atoms with Crippen LogP contribution in [-0.2, 0) is 9.59 Å². The molecule has 2 aliphatic heterocycles. The van der Waals surface area contributed by atoms with Gasteiger partial charge in [0.1, 0.15) is 0 Å². The van der Waals surface area contributed by atoms with Crippen LogP contribution in [0.3, 0.4) is 0 Å². The Balaban J connectivity index is 1.55. The number of hydrogen-bond donors (Lipinski definition) is 1. The lowest BCUT2D eigenvalue weighted by Crippen LogP contribution is -2.51. The van der Waals surface area contributed by atoms with Crippen molar-refractivity contribution in [3.8, 4) is 11.5 Å². The standard InChI is InChI=1S/C25H36N4O5/c1-3-10-26-23(30)18-27-13-15-29(16-14-27)25(32)20-8-9-21(22(17-20)33-4-2)34-19-24(31)28-11-6-5-7-12-28/h3,8-9,17H,1,4-7,10-16,18-19H2,2H3,(H,26,30). The van der Waals surface area contributed by atoms with E-state index in [-0.39, 0.29) is 24.3 Å². The van der Waals surface area contributed by atoms with Crippen molar-refractivity contribution in [1.82, 2.24) is 20.0 Å². The van der Waals surface area contributed by atoms with Crippen LogP contribution in [0.25, 0.3) is 0 Å². The highest BCUT2D eigenvalue weighted by molar-refractivity contribution is 5.95. The van der Waals surface area contributed by atoms with Crippen LogP contribution in [-0.4, -0.2) is 98.0 Å². The minimum Gasteiger partial charge on any atom is -0.490 e. The summed E-state index contributed by atoms with van der Waals surface area (Å²) in [5, 5.41) is 2.77. The maximum absolute atomic E-state index is 13.1. The van der Waals surface area contributed by atoms with Crippen LogP contribution in [0.2, 0.25) is 0 Å². The number of benzene rings is 1. The Hall–Kier alpha value is -3.07. The first-order valence-corrected chi connectivity index (χ1v) is 12.1. The van der Waals surface area contributed by atoms with Crippen molar-refractivity contribution in [3.63, 3.8) is 0 Å². The molecule has 0 saturated carbocycles. The highest BCUT2D eigenvalue weighted by atomic mass is 16.5. The third kappa shape index (κ3) is 7.21. The Morgan fingerprint density at radius 3 is 2.38 bits per heavy atom. The lowest BCUT2D eigenvalue weighted by molar-refractivity contribution is -0.134. The van der Waals surface area contributed by atoms with Gasteiger partial charge in [0.25, 0.3) is 11.8 Å². The van der Waals surface area contributed by atoms with E-state index in [9.17, 15) is 14.4 Å². The van der Waals surface area contributed by atoms with Gasteiger partial charge in [-0.2, -0.15) is 0 Å². The molecule has 0 radical (unpaired) electrons. The molecule has 0 aliphatic carbocycles. The summed E-state index contributed by atoms with van der Waals surface area (Å²) in [6.07, 6.45) is 4.87. The van der Waals surface area contributed by atoms with Crippen molar-refractivity contribution >= 4 is 17.7 Å². The predicted octanol–water partition coefficient (Wildman–Crippen LogP) is 1.54. The molecule has 1 N–H and O–H groups in total. The minimum absolute atomic E-state index is 0.0293. The zero-order valence-corrected chi connectivity index (χ0v) is 20.1. The Morgan fingerprint density at radius 1 is 0.971 bits per heavy atom. The van der Waals surface area contributed by atoms with Gasteiger partial charge in [-0.25, -0.2) is 0 Å². The summed E-state index contributed by atoms with van der Waals surface area (Å²) in [5.41, 5.74) is 0.510. The third-order valence-electron chi connectivity index (χ3n) is 6.02. The van der Waals surface area contributed by atoms with Crippen molar-refractivity contribution in [2.24, 2.45) is 0 Å². The number of carbonyl (C=O) groups excluding carboxylic acids is 3. The predicted molar refractivity (Wildman–Crippen MR) is 129 cm³/mol. The van der Waals surface area contributed by atoms with Crippen LogP contribution in [0.4, 0.5) is 0 Å². The lowest BCUT2D eigenvalue weighted by Gasteiger charge is -2.34. The summed E-state index contributed by atoms with van der Waals surface area (Å²) in [6, 6.07) is 5.09. The summed E-state index contributed by atoms with van der Waals surface area (Å²) < 4.78 is 11.5. The minimum atomic E-state index is -0.0901. The SMILES string of the molecule is C=CCNC(=O)CN1CCN(C(=O)c2ccc(OCC(=O)N3CCCCC3)c(OCC)c2)CC1. The van der Waals surface area contributed by atoms with Crippen molar-refractivity contribution < 1.29 is 23.9 Å². The molecule has 0 bridgehead atoms. The molecule has 3 amide bonds. The molecule has 0 unspecified atom stereocenters. The molecular weight excluding hydrogens is 436 g/mol. The number of nitrogens with zero attached hydrogens (tertiary/aromatic N) is 3. The maximum atomic E-state index is 13.1.